The lowest BCUT2D eigenvalue weighted by Crippen LogP contribution is -2.23. The Morgan fingerprint density at radius 3 is 1.88 bits per heavy atom. The first-order chi connectivity index (χ1) is 11.1. The van der Waals surface area contributed by atoms with Gasteiger partial charge in [0.15, 0.2) is 0 Å². The average Bonchev–Trinajstić information content (AvgIpc) is 2.54. The molecule has 2 aromatic carbocycles. The van der Waals surface area contributed by atoms with Gasteiger partial charge in [-0.3, -0.25) is 0 Å². The summed E-state index contributed by atoms with van der Waals surface area (Å²) in [5, 5.41) is 0.512. The molecule has 5 nitrogen and oxygen atoms in total. The molecule has 2 rings (SSSR count). The van der Waals surface area contributed by atoms with Crippen LogP contribution in [0.15, 0.2) is 58.3 Å². The van der Waals surface area contributed by atoms with Crippen molar-refractivity contribution < 1.29 is 25.6 Å². The van der Waals surface area contributed by atoms with Crippen LogP contribution in [0.25, 0.3) is 0 Å². The molecule has 0 aliphatic rings. The molecule has 0 aliphatic carbocycles. The van der Waals surface area contributed by atoms with Gasteiger partial charge >= 0.3 is 5.76 Å². The number of halogens is 3. The second-order valence-electron chi connectivity index (χ2n) is 4.73. The van der Waals surface area contributed by atoms with Crippen molar-refractivity contribution in [3.63, 3.8) is 0 Å². The van der Waals surface area contributed by atoms with Gasteiger partial charge in [-0.2, -0.15) is 8.78 Å². The Bertz CT molecular complexity index is 912. The fourth-order valence-electron chi connectivity index (χ4n) is 1.78. The predicted molar refractivity (Wildman–Crippen MR) is 85.1 cm³/mol. The molecule has 24 heavy (non-hydrogen) atoms. The van der Waals surface area contributed by atoms with Gasteiger partial charge in [0.1, 0.15) is 0 Å². The van der Waals surface area contributed by atoms with Gasteiger partial charge in [-0.05, 0) is 42.0 Å². The highest BCUT2D eigenvalue weighted by atomic mass is 35.5. The average molecular weight is 396 g/mol. The standard InChI is InChI=1S/C14H12ClF2NO4S2/c15-11-3-1-10(2-4-11)9-18-24(21,22)13-7-5-12(6-8-13)23(19,20)14(16)17/h1-8,14,18H,9H2. The third-order valence-electron chi connectivity index (χ3n) is 3.08. The first-order valence-electron chi connectivity index (χ1n) is 6.49. The lowest BCUT2D eigenvalue weighted by Gasteiger charge is -2.08. The van der Waals surface area contributed by atoms with E-state index >= 15 is 0 Å². The van der Waals surface area contributed by atoms with E-state index in [9.17, 15) is 25.6 Å². The van der Waals surface area contributed by atoms with Crippen LogP contribution in [0.2, 0.25) is 5.02 Å². The Morgan fingerprint density at radius 2 is 1.38 bits per heavy atom. The summed E-state index contributed by atoms with van der Waals surface area (Å²) in [6.45, 7) is -0.00339. The van der Waals surface area contributed by atoms with Crippen molar-refractivity contribution in [1.29, 1.82) is 0 Å². The van der Waals surface area contributed by atoms with Gasteiger partial charge in [0.2, 0.25) is 19.9 Å². The quantitative estimate of drug-likeness (QED) is 0.815. The topological polar surface area (TPSA) is 80.3 Å². The molecule has 0 saturated carbocycles. The number of hydrogen-bond acceptors (Lipinski definition) is 4. The van der Waals surface area contributed by atoms with Crippen molar-refractivity contribution in [2.75, 3.05) is 0 Å². The van der Waals surface area contributed by atoms with E-state index in [1.165, 1.54) is 0 Å². The highest BCUT2D eigenvalue weighted by Gasteiger charge is 2.27. The monoisotopic (exact) mass is 395 g/mol. The van der Waals surface area contributed by atoms with Crippen molar-refractivity contribution in [1.82, 2.24) is 4.72 Å². The fraction of sp³-hybridized carbons (Fsp3) is 0.143. The van der Waals surface area contributed by atoms with E-state index in [-0.39, 0.29) is 11.4 Å². The predicted octanol–water partition coefficient (Wildman–Crippen LogP) is 2.81. The second kappa shape index (κ2) is 7.14. The van der Waals surface area contributed by atoms with Crippen molar-refractivity contribution in [2.45, 2.75) is 22.1 Å². The molecule has 0 amide bonds. The van der Waals surface area contributed by atoms with Crippen molar-refractivity contribution in [3.8, 4) is 0 Å². The molecular formula is C14H12ClF2NO4S2. The molecule has 0 atom stereocenters. The minimum absolute atomic E-state index is 0.00339. The van der Waals surface area contributed by atoms with Gasteiger partial charge in [0.25, 0.3) is 0 Å². The lowest BCUT2D eigenvalue weighted by atomic mass is 10.2. The smallest absolute Gasteiger partial charge is 0.218 e. The zero-order valence-corrected chi connectivity index (χ0v) is 14.4. The Balaban J connectivity index is 2.16. The molecule has 0 heterocycles. The highest BCUT2D eigenvalue weighted by Crippen LogP contribution is 2.20. The van der Waals surface area contributed by atoms with Gasteiger partial charge < -0.3 is 0 Å². The SMILES string of the molecule is O=S(=O)(NCc1ccc(Cl)cc1)c1ccc(S(=O)(=O)C(F)F)cc1. The molecule has 0 aliphatic heterocycles. The normalized spacial score (nSPS) is 12.5. The van der Waals surface area contributed by atoms with Crippen molar-refractivity contribution in [2.24, 2.45) is 0 Å². The van der Waals surface area contributed by atoms with Crippen molar-refractivity contribution >= 4 is 31.5 Å². The number of hydrogen-bond donors (Lipinski definition) is 1. The van der Waals surface area contributed by atoms with Gasteiger partial charge in [0, 0.05) is 11.6 Å². The van der Waals surface area contributed by atoms with Crippen LogP contribution in [0.1, 0.15) is 5.56 Å². The van der Waals surface area contributed by atoms with E-state index in [0.717, 1.165) is 24.3 Å². The fourth-order valence-corrected chi connectivity index (χ4v) is 3.64. The number of sulfone groups is 1. The van der Waals surface area contributed by atoms with E-state index in [1.807, 2.05) is 0 Å². The summed E-state index contributed by atoms with van der Waals surface area (Å²) in [7, 11) is -8.68. The van der Waals surface area contributed by atoms with Gasteiger partial charge in [-0.15, -0.1) is 0 Å². The van der Waals surface area contributed by atoms with Crippen molar-refractivity contribution in [3.05, 3.63) is 59.1 Å². The Morgan fingerprint density at radius 1 is 0.875 bits per heavy atom. The Kier molecular flexibility index (Phi) is 5.59. The zero-order chi connectivity index (χ0) is 18.0. The second-order valence-corrected chi connectivity index (χ2v) is 8.85. The summed E-state index contributed by atoms with van der Waals surface area (Å²) in [6.07, 6.45) is 0. The summed E-state index contributed by atoms with van der Waals surface area (Å²) in [5.74, 6) is -3.57. The molecule has 0 fully saturated rings. The molecular weight excluding hydrogens is 384 g/mol. The van der Waals surface area contributed by atoms with Crippen LogP contribution < -0.4 is 4.72 Å². The molecule has 0 aromatic heterocycles. The van der Waals surface area contributed by atoms with E-state index in [1.54, 1.807) is 24.3 Å². The van der Waals surface area contributed by atoms with Crippen LogP contribution in [0.3, 0.4) is 0 Å². The summed E-state index contributed by atoms with van der Waals surface area (Å²) in [5.41, 5.74) is 0.667. The van der Waals surface area contributed by atoms with E-state index in [2.05, 4.69) is 4.72 Å². The molecule has 0 saturated heterocycles. The van der Waals surface area contributed by atoms with Gasteiger partial charge in [-0.1, -0.05) is 23.7 Å². The van der Waals surface area contributed by atoms with Crippen LogP contribution >= 0.6 is 11.6 Å². The van der Waals surface area contributed by atoms with E-state index in [4.69, 9.17) is 11.6 Å². The Hall–Kier alpha value is -1.55. The molecule has 0 radical (unpaired) electrons. The van der Waals surface area contributed by atoms with Crippen LogP contribution in [-0.2, 0) is 26.4 Å². The molecule has 2 aromatic rings. The third kappa shape index (κ3) is 4.29. The Labute approximate surface area is 143 Å². The first kappa shape index (κ1) is 18.8. The van der Waals surface area contributed by atoms with Crippen LogP contribution in [0, 0.1) is 0 Å². The first-order valence-corrected chi connectivity index (χ1v) is 9.90. The largest absolute Gasteiger partial charge is 0.341 e. The third-order valence-corrected chi connectivity index (χ3v) is 6.14. The number of alkyl halides is 2. The lowest BCUT2D eigenvalue weighted by molar-refractivity contribution is 0.234. The molecule has 10 heteroatoms. The minimum Gasteiger partial charge on any atom is -0.218 e. The summed E-state index contributed by atoms with van der Waals surface area (Å²) >= 11 is 5.73. The maximum absolute atomic E-state index is 12.4. The van der Waals surface area contributed by atoms with Crippen LogP contribution in [0.5, 0.6) is 0 Å². The van der Waals surface area contributed by atoms with Crippen LogP contribution in [-0.4, -0.2) is 22.6 Å². The number of rotatable bonds is 6. The summed E-state index contributed by atoms with van der Waals surface area (Å²) in [6, 6.07) is 10.1. The molecule has 0 unspecified atom stereocenters. The molecule has 0 bridgehead atoms. The highest BCUT2D eigenvalue weighted by molar-refractivity contribution is 7.91. The van der Waals surface area contributed by atoms with E-state index in [0.29, 0.717) is 10.6 Å². The summed E-state index contributed by atoms with van der Waals surface area (Å²) in [4.78, 5) is -0.876. The number of benzene rings is 2. The van der Waals surface area contributed by atoms with Crippen LogP contribution in [0.4, 0.5) is 8.78 Å². The maximum atomic E-state index is 12.4. The van der Waals surface area contributed by atoms with E-state index < -0.39 is 30.5 Å². The zero-order valence-electron chi connectivity index (χ0n) is 12.0. The molecule has 0 spiro atoms. The number of sulfonamides is 1. The molecule has 1 N–H and O–H groups in total. The molecule has 130 valence electrons. The maximum Gasteiger partial charge on any atom is 0.341 e. The number of nitrogens with one attached hydrogen (secondary N) is 1. The van der Waals surface area contributed by atoms with Gasteiger partial charge in [0.05, 0.1) is 9.79 Å². The van der Waals surface area contributed by atoms with Gasteiger partial charge in [-0.25, -0.2) is 21.6 Å². The summed E-state index contributed by atoms with van der Waals surface area (Å²) < 4.78 is 74.1. The minimum atomic E-state index is -4.76.